The second kappa shape index (κ2) is 6.08. The van der Waals surface area contributed by atoms with Crippen molar-refractivity contribution in [2.45, 2.75) is 12.5 Å². The third-order valence-electron chi connectivity index (χ3n) is 2.83. The Labute approximate surface area is 115 Å². The van der Waals surface area contributed by atoms with E-state index in [0.29, 0.717) is 19.7 Å². The lowest BCUT2D eigenvalue weighted by Crippen LogP contribution is -2.46. The van der Waals surface area contributed by atoms with E-state index < -0.39 is 0 Å². The number of furan rings is 1. The number of rotatable bonds is 3. The first-order valence-electron chi connectivity index (χ1n) is 5.83. The molecule has 1 atom stereocenters. The monoisotopic (exact) mass is 287 g/mol. The summed E-state index contributed by atoms with van der Waals surface area (Å²) in [6.07, 6.45) is -0.227. The largest absolute Gasteiger partial charge is 0.469 e. The van der Waals surface area contributed by atoms with Crippen LogP contribution in [0, 0.1) is 0 Å². The van der Waals surface area contributed by atoms with Crippen LogP contribution in [-0.4, -0.2) is 49.7 Å². The van der Waals surface area contributed by atoms with Gasteiger partial charge in [-0.05, 0) is 23.7 Å². The Hall–Kier alpha value is -1.53. The fourth-order valence-corrected chi connectivity index (χ4v) is 2.03. The number of carbonyl (C=O) groups excluding carboxylic acids is 2. The molecule has 1 unspecified atom stereocenters. The zero-order chi connectivity index (χ0) is 13.8. The molecule has 2 rings (SSSR count). The van der Waals surface area contributed by atoms with Gasteiger partial charge >= 0.3 is 5.97 Å². The van der Waals surface area contributed by atoms with Crippen LogP contribution in [0.1, 0.15) is 17.0 Å². The Balaban J connectivity index is 1.97. The maximum absolute atomic E-state index is 12.1. The van der Waals surface area contributed by atoms with Gasteiger partial charge in [-0.2, -0.15) is 0 Å². The molecule has 6 nitrogen and oxygen atoms in total. The van der Waals surface area contributed by atoms with E-state index in [4.69, 9.17) is 20.8 Å². The molecule has 0 spiro atoms. The van der Waals surface area contributed by atoms with Crippen LogP contribution in [0.4, 0.5) is 0 Å². The van der Waals surface area contributed by atoms with Gasteiger partial charge in [-0.1, -0.05) is 0 Å². The number of amides is 1. The number of methoxy groups -OCH3 is 1. The van der Waals surface area contributed by atoms with Gasteiger partial charge in [-0.15, -0.1) is 0 Å². The molecule has 1 fully saturated rings. The van der Waals surface area contributed by atoms with Gasteiger partial charge < -0.3 is 18.8 Å². The van der Waals surface area contributed by atoms with Gasteiger partial charge in [0.15, 0.2) is 11.0 Å². The molecule has 1 aliphatic heterocycles. The molecule has 19 heavy (non-hydrogen) atoms. The van der Waals surface area contributed by atoms with Crippen molar-refractivity contribution >= 4 is 23.5 Å². The second-order valence-corrected chi connectivity index (χ2v) is 4.50. The average molecular weight is 288 g/mol. The molecule has 0 saturated carbocycles. The normalized spacial score (nSPS) is 19.3. The Morgan fingerprint density at radius 1 is 1.53 bits per heavy atom. The molecule has 104 valence electrons. The Morgan fingerprint density at radius 2 is 2.32 bits per heavy atom. The number of hydrogen-bond donors (Lipinski definition) is 0. The fraction of sp³-hybridized carbons (Fsp3) is 0.500. The summed E-state index contributed by atoms with van der Waals surface area (Å²) >= 11 is 5.64. The van der Waals surface area contributed by atoms with Crippen molar-refractivity contribution in [3.63, 3.8) is 0 Å². The molecule has 7 heteroatoms. The van der Waals surface area contributed by atoms with Gasteiger partial charge in [0, 0.05) is 13.1 Å². The van der Waals surface area contributed by atoms with Crippen LogP contribution in [0.15, 0.2) is 16.5 Å². The number of hydrogen-bond acceptors (Lipinski definition) is 5. The molecule has 1 aromatic rings. The highest BCUT2D eigenvalue weighted by Crippen LogP contribution is 2.17. The Morgan fingerprint density at radius 3 is 2.95 bits per heavy atom. The molecular formula is C12H14ClNO5. The molecule has 1 aromatic heterocycles. The molecule has 0 bridgehead atoms. The summed E-state index contributed by atoms with van der Waals surface area (Å²) in [6, 6.07) is 3.04. The van der Waals surface area contributed by atoms with E-state index in [9.17, 15) is 9.59 Å². The molecule has 0 radical (unpaired) electrons. The van der Waals surface area contributed by atoms with Crippen molar-refractivity contribution in [3.05, 3.63) is 23.1 Å². The van der Waals surface area contributed by atoms with Gasteiger partial charge in [-0.25, -0.2) is 0 Å². The summed E-state index contributed by atoms with van der Waals surface area (Å²) in [5.74, 6) is -0.436. The van der Waals surface area contributed by atoms with E-state index in [-0.39, 0.29) is 35.4 Å². The highest BCUT2D eigenvalue weighted by Gasteiger charge is 2.28. The number of halogens is 1. The number of carbonyl (C=O) groups is 2. The number of ether oxygens (including phenoxy) is 2. The van der Waals surface area contributed by atoms with Crippen molar-refractivity contribution in [2.24, 2.45) is 0 Å². The maximum Gasteiger partial charge on any atom is 0.308 e. The number of esters is 1. The van der Waals surface area contributed by atoms with Crippen molar-refractivity contribution in [1.29, 1.82) is 0 Å². The lowest BCUT2D eigenvalue weighted by atomic mass is 10.2. The molecule has 1 amide bonds. The van der Waals surface area contributed by atoms with Crippen LogP contribution >= 0.6 is 11.6 Å². The van der Waals surface area contributed by atoms with E-state index in [1.54, 1.807) is 4.90 Å². The molecule has 0 aromatic carbocycles. The van der Waals surface area contributed by atoms with Crippen LogP contribution in [0.2, 0.25) is 5.22 Å². The van der Waals surface area contributed by atoms with Crippen LogP contribution in [0.3, 0.4) is 0 Å². The van der Waals surface area contributed by atoms with Crippen molar-refractivity contribution in [1.82, 2.24) is 4.90 Å². The third kappa shape index (κ3) is 3.48. The minimum absolute atomic E-state index is 0.124. The molecule has 1 saturated heterocycles. The number of nitrogens with zero attached hydrogens (tertiary/aromatic N) is 1. The summed E-state index contributed by atoms with van der Waals surface area (Å²) in [7, 11) is 1.32. The second-order valence-electron chi connectivity index (χ2n) is 4.13. The smallest absolute Gasteiger partial charge is 0.308 e. The van der Waals surface area contributed by atoms with Crippen LogP contribution < -0.4 is 0 Å². The van der Waals surface area contributed by atoms with E-state index in [2.05, 4.69) is 4.74 Å². The van der Waals surface area contributed by atoms with Crippen molar-refractivity contribution in [2.75, 3.05) is 26.8 Å². The van der Waals surface area contributed by atoms with Gasteiger partial charge in [0.2, 0.25) is 0 Å². The molecule has 0 aliphatic carbocycles. The quantitative estimate of drug-likeness (QED) is 0.785. The predicted molar refractivity (Wildman–Crippen MR) is 66.0 cm³/mol. The first-order chi connectivity index (χ1) is 9.10. The lowest BCUT2D eigenvalue weighted by molar-refractivity contribution is -0.145. The van der Waals surface area contributed by atoms with Gasteiger partial charge in [0.25, 0.3) is 5.91 Å². The fourth-order valence-electron chi connectivity index (χ4n) is 1.88. The maximum atomic E-state index is 12.1. The SMILES string of the molecule is COC(=O)CC1CN(C(=O)c2ccc(Cl)o2)CCO1. The Kier molecular flexibility index (Phi) is 4.44. The summed E-state index contributed by atoms with van der Waals surface area (Å²) in [5, 5.41) is 0.169. The van der Waals surface area contributed by atoms with E-state index >= 15 is 0 Å². The number of morpholine rings is 1. The van der Waals surface area contributed by atoms with Crippen LogP contribution in [-0.2, 0) is 14.3 Å². The highest BCUT2D eigenvalue weighted by molar-refractivity contribution is 6.29. The minimum Gasteiger partial charge on any atom is -0.469 e. The summed E-state index contributed by atoms with van der Waals surface area (Å²) < 4.78 is 15.1. The van der Waals surface area contributed by atoms with Crippen molar-refractivity contribution < 1.29 is 23.5 Å². The van der Waals surface area contributed by atoms with E-state index in [1.807, 2.05) is 0 Å². The van der Waals surface area contributed by atoms with Gasteiger partial charge in [0.1, 0.15) is 0 Å². The molecular weight excluding hydrogens is 274 g/mol. The molecule has 1 aliphatic rings. The predicted octanol–water partition coefficient (Wildman–Crippen LogP) is 1.34. The van der Waals surface area contributed by atoms with Gasteiger partial charge in [-0.3, -0.25) is 9.59 Å². The lowest BCUT2D eigenvalue weighted by Gasteiger charge is -2.31. The van der Waals surface area contributed by atoms with Crippen LogP contribution in [0.25, 0.3) is 0 Å². The summed E-state index contributed by atoms with van der Waals surface area (Å²) in [4.78, 5) is 24.9. The van der Waals surface area contributed by atoms with Crippen LogP contribution in [0.5, 0.6) is 0 Å². The average Bonchev–Trinajstić information content (AvgIpc) is 2.84. The standard InChI is InChI=1S/C12H14ClNO5/c1-17-11(15)6-8-7-14(4-5-18-8)12(16)9-2-3-10(13)19-9/h2-3,8H,4-7H2,1H3. The van der Waals surface area contributed by atoms with E-state index in [1.165, 1.54) is 19.2 Å². The zero-order valence-electron chi connectivity index (χ0n) is 10.4. The highest BCUT2D eigenvalue weighted by atomic mass is 35.5. The minimum atomic E-state index is -0.361. The van der Waals surface area contributed by atoms with Gasteiger partial charge in [0.05, 0.1) is 26.2 Å². The first-order valence-corrected chi connectivity index (χ1v) is 6.21. The van der Waals surface area contributed by atoms with E-state index in [0.717, 1.165) is 0 Å². The molecule has 0 N–H and O–H groups in total. The Bertz CT molecular complexity index is 472. The summed E-state index contributed by atoms with van der Waals surface area (Å²) in [6.45, 7) is 1.16. The molecule has 2 heterocycles. The first kappa shape index (κ1) is 13.9. The van der Waals surface area contributed by atoms with Crippen molar-refractivity contribution in [3.8, 4) is 0 Å². The summed E-state index contributed by atoms with van der Waals surface area (Å²) in [5.41, 5.74) is 0. The topological polar surface area (TPSA) is 69.0 Å². The zero-order valence-corrected chi connectivity index (χ0v) is 11.2. The third-order valence-corrected chi connectivity index (χ3v) is 3.04.